The topological polar surface area (TPSA) is 67.6 Å². The van der Waals surface area contributed by atoms with E-state index in [4.69, 9.17) is 10.5 Å². The molecule has 3 N–H and O–H groups in total. The zero-order valence-electron chi connectivity index (χ0n) is 12.2. The number of hydrogen-bond donors (Lipinski definition) is 2. The number of ether oxygens (including phenoxy) is 1. The minimum Gasteiger partial charge on any atom is -0.492 e. The molecule has 0 bridgehead atoms. The van der Waals surface area contributed by atoms with E-state index in [1.165, 1.54) is 0 Å². The van der Waals surface area contributed by atoms with Crippen molar-refractivity contribution in [2.75, 3.05) is 30.8 Å². The van der Waals surface area contributed by atoms with Crippen molar-refractivity contribution >= 4 is 17.3 Å². The van der Waals surface area contributed by atoms with E-state index in [-0.39, 0.29) is 11.9 Å². The van der Waals surface area contributed by atoms with E-state index in [1.807, 2.05) is 25.1 Å². The fourth-order valence-corrected chi connectivity index (χ4v) is 2.72. The fraction of sp³-hybridized carbons (Fsp3) is 0.533. The molecule has 1 aromatic carbocycles. The molecule has 0 aromatic heterocycles. The summed E-state index contributed by atoms with van der Waals surface area (Å²) >= 11 is 0. The molecule has 1 heterocycles. The number of benzene rings is 1. The van der Waals surface area contributed by atoms with E-state index < -0.39 is 0 Å². The highest BCUT2D eigenvalue weighted by Gasteiger charge is 2.29. The molecule has 1 fully saturated rings. The average Bonchev–Trinajstić information content (AvgIpc) is 2.49. The molecule has 1 aliphatic heterocycles. The van der Waals surface area contributed by atoms with E-state index in [0.29, 0.717) is 18.0 Å². The molecule has 1 atom stereocenters. The van der Waals surface area contributed by atoms with Crippen LogP contribution < -0.4 is 20.7 Å². The van der Waals surface area contributed by atoms with E-state index in [0.717, 1.165) is 31.5 Å². The summed E-state index contributed by atoms with van der Waals surface area (Å²) in [4.78, 5) is 14.1. The van der Waals surface area contributed by atoms with E-state index >= 15 is 0 Å². The molecule has 5 heteroatoms. The van der Waals surface area contributed by atoms with Gasteiger partial charge in [0.1, 0.15) is 11.8 Å². The summed E-state index contributed by atoms with van der Waals surface area (Å²) in [7, 11) is 1.68. The van der Waals surface area contributed by atoms with Gasteiger partial charge in [-0.1, -0.05) is 6.07 Å². The van der Waals surface area contributed by atoms with Gasteiger partial charge in [0.05, 0.1) is 18.0 Å². The summed E-state index contributed by atoms with van der Waals surface area (Å²) in [5.41, 5.74) is 7.71. The SMILES string of the molecule is CCOc1cccc(N2CCCCC2C(=O)NC)c1N. The van der Waals surface area contributed by atoms with Crippen LogP contribution in [0.15, 0.2) is 18.2 Å². The van der Waals surface area contributed by atoms with Crippen LogP contribution in [-0.4, -0.2) is 32.1 Å². The molecule has 1 saturated heterocycles. The highest BCUT2D eigenvalue weighted by molar-refractivity contribution is 5.87. The minimum atomic E-state index is -0.145. The van der Waals surface area contributed by atoms with Crippen LogP contribution in [0.3, 0.4) is 0 Å². The Morgan fingerprint density at radius 3 is 3.00 bits per heavy atom. The van der Waals surface area contributed by atoms with Crippen molar-refractivity contribution in [3.63, 3.8) is 0 Å². The lowest BCUT2D eigenvalue weighted by molar-refractivity contribution is -0.122. The number of para-hydroxylation sites is 1. The predicted octanol–water partition coefficient (Wildman–Crippen LogP) is 1.77. The molecule has 1 unspecified atom stereocenters. The number of rotatable bonds is 4. The molecule has 2 rings (SSSR count). The average molecular weight is 277 g/mol. The number of piperidine rings is 1. The lowest BCUT2D eigenvalue weighted by atomic mass is 10.00. The van der Waals surface area contributed by atoms with Crippen LogP contribution in [0.1, 0.15) is 26.2 Å². The number of nitrogens with two attached hydrogens (primary N) is 1. The van der Waals surface area contributed by atoms with Crippen LogP contribution in [0.4, 0.5) is 11.4 Å². The first-order valence-electron chi connectivity index (χ1n) is 7.18. The number of likely N-dealkylation sites (N-methyl/N-ethyl adjacent to an activating group) is 1. The van der Waals surface area contributed by atoms with Crippen LogP contribution in [0, 0.1) is 0 Å². The molecular formula is C15H23N3O2. The van der Waals surface area contributed by atoms with Crippen molar-refractivity contribution in [1.29, 1.82) is 0 Å². The van der Waals surface area contributed by atoms with Gasteiger partial charge in [-0.2, -0.15) is 0 Å². The number of anilines is 2. The van der Waals surface area contributed by atoms with Crippen molar-refractivity contribution in [1.82, 2.24) is 5.32 Å². The Labute approximate surface area is 120 Å². The first kappa shape index (κ1) is 14.5. The van der Waals surface area contributed by atoms with Gasteiger partial charge in [0, 0.05) is 13.6 Å². The third kappa shape index (κ3) is 2.81. The number of amides is 1. The van der Waals surface area contributed by atoms with Gasteiger partial charge in [-0.05, 0) is 38.3 Å². The van der Waals surface area contributed by atoms with Gasteiger partial charge < -0.3 is 20.7 Å². The Hall–Kier alpha value is -1.91. The van der Waals surface area contributed by atoms with Crippen LogP contribution in [0.25, 0.3) is 0 Å². The van der Waals surface area contributed by atoms with Gasteiger partial charge in [-0.15, -0.1) is 0 Å². The van der Waals surface area contributed by atoms with Gasteiger partial charge in [-0.3, -0.25) is 4.79 Å². The zero-order valence-corrected chi connectivity index (χ0v) is 12.2. The van der Waals surface area contributed by atoms with Crippen molar-refractivity contribution in [3.8, 4) is 5.75 Å². The Kier molecular flexibility index (Phi) is 4.71. The summed E-state index contributed by atoms with van der Waals surface area (Å²) in [6, 6.07) is 5.60. The molecule has 0 saturated carbocycles. The van der Waals surface area contributed by atoms with Crippen molar-refractivity contribution in [3.05, 3.63) is 18.2 Å². The third-order valence-corrected chi connectivity index (χ3v) is 3.70. The monoisotopic (exact) mass is 277 g/mol. The number of nitrogens with one attached hydrogen (secondary N) is 1. The summed E-state index contributed by atoms with van der Waals surface area (Å²) < 4.78 is 5.54. The third-order valence-electron chi connectivity index (χ3n) is 3.70. The smallest absolute Gasteiger partial charge is 0.242 e. The van der Waals surface area contributed by atoms with Crippen molar-refractivity contribution in [2.24, 2.45) is 0 Å². The van der Waals surface area contributed by atoms with Gasteiger partial charge in [0.25, 0.3) is 0 Å². The van der Waals surface area contributed by atoms with Crippen molar-refractivity contribution < 1.29 is 9.53 Å². The molecule has 20 heavy (non-hydrogen) atoms. The maximum absolute atomic E-state index is 12.0. The summed E-state index contributed by atoms with van der Waals surface area (Å²) in [6.45, 7) is 3.35. The fourth-order valence-electron chi connectivity index (χ4n) is 2.72. The highest BCUT2D eigenvalue weighted by Crippen LogP contribution is 2.35. The lowest BCUT2D eigenvalue weighted by Gasteiger charge is -2.37. The second kappa shape index (κ2) is 6.50. The molecular weight excluding hydrogens is 254 g/mol. The predicted molar refractivity (Wildman–Crippen MR) is 81.1 cm³/mol. The van der Waals surface area contributed by atoms with E-state index in [1.54, 1.807) is 7.05 Å². The first-order valence-corrected chi connectivity index (χ1v) is 7.18. The van der Waals surface area contributed by atoms with Crippen LogP contribution in [-0.2, 0) is 4.79 Å². The Balaban J connectivity index is 2.32. The molecule has 0 radical (unpaired) electrons. The van der Waals surface area contributed by atoms with E-state index in [2.05, 4.69) is 10.2 Å². The maximum Gasteiger partial charge on any atom is 0.242 e. The number of nitrogen functional groups attached to an aromatic ring is 1. The molecule has 1 aromatic rings. The highest BCUT2D eigenvalue weighted by atomic mass is 16.5. The normalized spacial score (nSPS) is 18.7. The number of carbonyl (C=O) groups excluding carboxylic acids is 1. The second-order valence-electron chi connectivity index (χ2n) is 4.94. The molecule has 1 amide bonds. The summed E-state index contributed by atoms with van der Waals surface area (Å²) in [5, 5.41) is 2.74. The molecule has 0 spiro atoms. The van der Waals surface area contributed by atoms with Gasteiger partial charge >= 0.3 is 0 Å². The van der Waals surface area contributed by atoms with Crippen molar-refractivity contribution in [2.45, 2.75) is 32.2 Å². The Bertz CT molecular complexity index is 476. The first-order chi connectivity index (χ1) is 9.69. The molecule has 1 aliphatic rings. The summed E-state index contributed by atoms with van der Waals surface area (Å²) in [6.07, 6.45) is 3.00. The Morgan fingerprint density at radius 2 is 2.30 bits per heavy atom. The number of nitrogens with zero attached hydrogens (tertiary/aromatic N) is 1. The van der Waals surface area contributed by atoms with Gasteiger partial charge in [0.15, 0.2) is 0 Å². The van der Waals surface area contributed by atoms with Crippen LogP contribution in [0.2, 0.25) is 0 Å². The zero-order chi connectivity index (χ0) is 14.5. The van der Waals surface area contributed by atoms with E-state index in [9.17, 15) is 4.79 Å². The summed E-state index contributed by atoms with van der Waals surface area (Å²) in [5.74, 6) is 0.733. The van der Waals surface area contributed by atoms with Crippen LogP contribution >= 0.6 is 0 Å². The number of hydrogen-bond acceptors (Lipinski definition) is 4. The number of carbonyl (C=O) groups is 1. The lowest BCUT2D eigenvalue weighted by Crippen LogP contribution is -2.49. The minimum absolute atomic E-state index is 0.0471. The standard InChI is InChI=1S/C15H23N3O2/c1-3-20-13-9-6-8-11(14(13)16)18-10-5-4-7-12(18)15(19)17-2/h6,8-9,12H,3-5,7,10,16H2,1-2H3,(H,17,19). The Morgan fingerprint density at radius 1 is 1.50 bits per heavy atom. The molecule has 5 nitrogen and oxygen atoms in total. The molecule has 0 aliphatic carbocycles. The quantitative estimate of drug-likeness (QED) is 0.823. The van der Waals surface area contributed by atoms with Gasteiger partial charge in [-0.25, -0.2) is 0 Å². The van der Waals surface area contributed by atoms with Gasteiger partial charge in [0.2, 0.25) is 5.91 Å². The largest absolute Gasteiger partial charge is 0.492 e. The second-order valence-corrected chi connectivity index (χ2v) is 4.94. The maximum atomic E-state index is 12.0. The van der Waals surface area contributed by atoms with Crippen LogP contribution in [0.5, 0.6) is 5.75 Å². The molecule has 110 valence electrons.